The van der Waals surface area contributed by atoms with Gasteiger partial charge in [0.2, 0.25) is 0 Å². The first-order valence-electron chi connectivity index (χ1n) is 26.9. The van der Waals surface area contributed by atoms with Gasteiger partial charge in [-0.2, -0.15) is 4.57 Å². The normalized spacial score (nSPS) is 14.3. The maximum absolute atomic E-state index is 15.1. The summed E-state index contributed by atoms with van der Waals surface area (Å²) in [5.41, 5.74) is -0.188. The van der Waals surface area contributed by atoms with E-state index in [2.05, 4.69) is 125 Å². The first kappa shape index (κ1) is 65.2. The van der Waals surface area contributed by atoms with Crippen molar-refractivity contribution in [1.29, 1.82) is 0 Å². The summed E-state index contributed by atoms with van der Waals surface area (Å²) in [4.78, 5) is 69.8. The molecule has 14 nitrogen and oxygen atoms in total. The average molecular weight is 1170 g/mol. The molecule has 0 radical (unpaired) electrons. The van der Waals surface area contributed by atoms with Gasteiger partial charge in [-0.1, -0.05) is 75.4 Å². The quantitative estimate of drug-likeness (QED) is 0.0384. The number of carbonyl (C=O) groups excluding carboxylic acids is 3. The molecule has 1 fully saturated rings. The highest BCUT2D eigenvalue weighted by atomic mass is 28.4. The molecule has 15 heteroatoms. The zero-order valence-corrected chi connectivity index (χ0v) is 50.6. The van der Waals surface area contributed by atoms with Gasteiger partial charge in [-0.15, -0.1) is 6.42 Å². The van der Waals surface area contributed by atoms with Crippen LogP contribution in [-0.4, -0.2) is 74.2 Å². The number of nitrogens with zero attached hydrogens (tertiary/aromatic N) is 2. The highest BCUT2D eigenvalue weighted by Gasteiger charge is 2.54. The monoisotopic (exact) mass is 1170 g/mol. The molecule has 5 aromatic rings. The van der Waals surface area contributed by atoms with Crippen LogP contribution in [-0.2, 0) is 33.8 Å². The van der Waals surface area contributed by atoms with E-state index < -0.39 is 66.6 Å². The van der Waals surface area contributed by atoms with Crippen LogP contribution in [0.4, 0.5) is 0 Å². The van der Waals surface area contributed by atoms with E-state index in [1.807, 2.05) is 113 Å². The van der Waals surface area contributed by atoms with E-state index in [-0.39, 0.29) is 36.5 Å². The van der Waals surface area contributed by atoms with Gasteiger partial charge in [-0.3, -0.25) is 19.0 Å². The van der Waals surface area contributed by atoms with Gasteiger partial charge in [-0.25, -0.2) is 4.79 Å². The maximum Gasteiger partial charge on any atom is 0.340 e. The van der Waals surface area contributed by atoms with Crippen LogP contribution in [0.3, 0.4) is 0 Å². The Morgan fingerprint density at radius 3 is 1.62 bits per heavy atom. The highest BCUT2D eigenvalue weighted by Crippen LogP contribution is 2.46. The number of Topliss-reactive ketones (excluding diaryl/α,β-unsaturated/α-hetero) is 1. The first-order chi connectivity index (χ1) is 41.8. The Morgan fingerprint density at radius 2 is 1.14 bits per heavy atom. The third kappa shape index (κ3) is 17.3. The van der Waals surface area contributed by atoms with Crippen molar-refractivity contribution in [3.05, 3.63) is 157 Å². The SMILES string of the molecule is C#CC#CC#CC#CC#CC#CC#CC#CC#CC#CC#COc1cc(C(=O)n2c(=O)ccn([C@@H]3O[C@H](COC(c4ccccc4)(c4ccc(OC)cc4)c4ccc(OC)cc4)C(OC(=O)CCC(C)=O)[C@@H]3O[Si](C)(C)C(C)(C)C)c2=O)cc(C)c1C. The summed E-state index contributed by atoms with van der Waals surface area (Å²) in [5, 5.41) is -0.441. The van der Waals surface area contributed by atoms with Crippen molar-refractivity contribution in [3.8, 4) is 148 Å². The number of ether oxygens (including phenoxy) is 6. The molecule has 0 amide bonds. The molecule has 1 aliphatic heterocycles. The molecule has 0 saturated carbocycles. The molecule has 6 rings (SSSR count). The molecule has 0 aliphatic carbocycles. The van der Waals surface area contributed by atoms with E-state index in [0.29, 0.717) is 38.3 Å². The number of benzene rings is 4. The Hall–Kier alpha value is -11.0. The first-order valence-corrected chi connectivity index (χ1v) is 29.8. The summed E-state index contributed by atoms with van der Waals surface area (Å²) in [5.74, 6) is 48.9. The summed E-state index contributed by atoms with van der Waals surface area (Å²) >= 11 is 0. The summed E-state index contributed by atoms with van der Waals surface area (Å²) < 4.78 is 46.1. The van der Waals surface area contributed by atoms with Gasteiger partial charge in [0, 0.05) is 95.3 Å². The number of esters is 1. The minimum atomic E-state index is -2.92. The average Bonchev–Trinajstić information content (AvgIpc) is 1.98. The molecule has 4 atom stereocenters. The van der Waals surface area contributed by atoms with Gasteiger partial charge in [0.25, 0.3) is 11.5 Å². The summed E-state index contributed by atoms with van der Waals surface area (Å²) in [7, 11) is 0.224. The highest BCUT2D eigenvalue weighted by molar-refractivity contribution is 6.74. The lowest BCUT2D eigenvalue weighted by Gasteiger charge is -2.40. The molecule has 4 aromatic carbocycles. The predicted molar refractivity (Wildman–Crippen MR) is 332 cm³/mol. The molecule has 0 bridgehead atoms. The van der Waals surface area contributed by atoms with Crippen LogP contribution in [0.1, 0.15) is 84.9 Å². The number of terminal acetylenes is 1. The van der Waals surface area contributed by atoms with Gasteiger partial charge in [0.1, 0.15) is 46.9 Å². The number of hydrogen-bond acceptors (Lipinski definition) is 12. The zero-order chi connectivity index (χ0) is 63.0. The fourth-order valence-electron chi connectivity index (χ4n) is 8.35. The largest absolute Gasteiger partial charge is 0.497 e. The third-order valence-electron chi connectivity index (χ3n) is 13.9. The summed E-state index contributed by atoms with van der Waals surface area (Å²) in [6.07, 6.45) is 3.17. The molecular formula is C72H58N2O12Si. The van der Waals surface area contributed by atoms with Crippen molar-refractivity contribution >= 4 is 26.0 Å². The number of hydrogen-bond donors (Lipinski definition) is 0. The lowest BCUT2D eigenvalue weighted by atomic mass is 9.80. The second kappa shape index (κ2) is 31.1. The van der Waals surface area contributed by atoms with Crippen molar-refractivity contribution in [2.24, 2.45) is 0 Å². The fourth-order valence-corrected chi connectivity index (χ4v) is 9.64. The Bertz CT molecular complexity index is 4240. The van der Waals surface area contributed by atoms with E-state index in [9.17, 15) is 19.2 Å². The van der Waals surface area contributed by atoms with E-state index >= 15 is 4.79 Å². The number of aromatic nitrogens is 2. The molecule has 1 aromatic heterocycles. The Balaban J connectivity index is 1.35. The Labute approximate surface area is 509 Å². The van der Waals surface area contributed by atoms with Crippen molar-refractivity contribution in [2.75, 3.05) is 20.8 Å². The van der Waals surface area contributed by atoms with E-state index in [1.54, 1.807) is 28.1 Å². The summed E-state index contributed by atoms with van der Waals surface area (Å²) in [6, 6.07) is 28.3. The Morgan fingerprint density at radius 1 is 0.644 bits per heavy atom. The van der Waals surface area contributed by atoms with Gasteiger partial charge in [-0.05, 0) is 150 Å². The molecular weight excluding hydrogens is 1110 g/mol. The van der Waals surface area contributed by atoms with Crippen LogP contribution < -0.4 is 25.5 Å². The summed E-state index contributed by atoms with van der Waals surface area (Å²) in [6.45, 7) is 14.6. The number of methoxy groups -OCH3 is 2. The van der Waals surface area contributed by atoms with E-state index in [0.717, 1.165) is 16.2 Å². The molecule has 2 heterocycles. The van der Waals surface area contributed by atoms with Crippen molar-refractivity contribution in [3.63, 3.8) is 0 Å². The second-order valence-corrected chi connectivity index (χ2v) is 25.3. The van der Waals surface area contributed by atoms with Gasteiger partial charge < -0.3 is 37.6 Å². The standard InChI is InChI=1S/C72H58N2O12Si/c1-12-13-14-15-16-17-18-19-20-21-22-23-24-25-26-27-28-29-30-34-49-82-62-51-56(50-53(2)55(62)4)68(78)74-64(76)47-48-73(70(74)79)69-67(86-87(10,11)71(5,6)7)66(85-65(77)46-37-54(3)75)63(84-69)52-83-72(57-35-32-31-33-36-57,58-38-42-60(80-8)43-39-58)59-40-44-61(81-9)45-41-59/h1,31-33,35-36,38-45,47-48,50-51,63,66-67,69H,37,46,52H2,2-11H3/t63-,66?,67+,69-/m1/s1. The molecule has 432 valence electrons. The van der Waals surface area contributed by atoms with Crippen molar-refractivity contribution < 1.29 is 47.2 Å². The van der Waals surface area contributed by atoms with E-state index in [4.69, 9.17) is 39.3 Å². The molecule has 1 aliphatic rings. The van der Waals surface area contributed by atoms with E-state index in [1.165, 1.54) is 25.3 Å². The van der Waals surface area contributed by atoms with Gasteiger partial charge in [0.05, 0.1) is 27.2 Å². The number of aryl methyl sites for hydroxylation is 1. The lowest BCUT2D eigenvalue weighted by Crippen LogP contribution is -2.52. The second-order valence-electron chi connectivity index (χ2n) is 20.5. The van der Waals surface area contributed by atoms with Crippen LogP contribution in [0.5, 0.6) is 17.2 Å². The maximum atomic E-state index is 15.1. The minimum absolute atomic E-state index is 0.0806. The zero-order valence-electron chi connectivity index (χ0n) is 49.6. The Kier molecular flexibility index (Phi) is 23.3. The van der Waals surface area contributed by atoms with Gasteiger partial charge in [0.15, 0.2) is 20.6 Å². The molecule has 1 saturated heterocycles. The van der Waals surface area contributed by atoms with Crippen molar-refractivity contribution in [2.45, 2.75) is 103 Å². The number of carbonyl (C=O) groups is 3. The van der Waals surface area contributed by atoms with Crippen LogP contribution >= 0.6 is 0 Å². The van der Waals surface area contributed by atoms with Crippen molar-refractivity contribution in [1.82, 2.24) is 9.13 Å². The third-order valence-corrected chi connectivity index (χ3v) is 18.3. The van der Waals surface area contributed by atoms with Gasteiger partial charge >= 0.3 is 11.7 Å². The number of ketones is 1. The molecule has 87 heavy (non-hydrogen) atoms. The fraction of sp³-hybridized carbons (Fsp3) is 0.264. The van der Waals surface area contributed by atoms with Crippen LogP contribution in [0.2, 0.25) is 18.1 Å². The lowest BCUT2D eigenvalue weighted by molar-refractivity contribution is -0.159. The van der Waals surface area contributed by atoms with Crippen LogP contribution in [0, 0.1) is 145 Å². The smallest absolute Gasteiger partial charge is 0.340 e. The topological polar surface area (TPSA) is 160 Å². The number of rotatable bonds is 17. The molecule has 0 spiro atoms. The minimum Gasteiger partial charge on any atom is -0.497 e. The molecule has 1 unspecified atom stereocenters. The van der Waals surface area contributed by atoms with Crippen LogP contribution in [0.15, 0.2) is 113 Å². The predicted octanol–water partition coefficient (Wildman–Crippen LogP) is 7.91. The van der Waals surface area contributed by atoms with Crippen LogP contribution in [0.25, 0.3) is 0 Å². The molecule has 0 N–H and O–H groups in total.